The Morgan fingerprint density at radius 1 is 1.10 bits per heavy atom. The van der Waals surface area contributed by atoms with E-state index in [2.05, 4.69) is 15.1 Å². The zero-order valence-electron chi connectivity index (χ0n) is 17.4. The van der Waals surface area contributed by atoms with Crippen molar-refractivity contribution in [2.75, 3.05) is 63.6 Å². The van der Waals surface area contributed by atoms with Gasteiger partial charge in [0.2, 0.25) is 11.8 Å². The summed E-state index contributed by atoms with van der Waals surface area (Å²) in [5.74, 6) is 0.555. The first-order chi connectivity index (χ1) is 14.5. The summed E-state index contributed by atoms with van der Waals surface area (Å²) in [6.45, 7) is 3.12. The van der Waals surface area contributed by atoms with Gasteiger partial charge in [-0.25, -0.2) is 0 Å². The number of phenolic OH excluding ortho intramolecular Hbond substituents is 1. The third kappa shape index (κ3) is 5.64. The van der Waals surface area contributed by atoms with Gasteiger partial charge < -0.3 is 25.0 Å². The molecule has 2 aromatic carbocycles. The molecule has 0 saturated carbocycles. The first-order valence-electron chi connectivity index (χ1n) is 9.89. The number of methoxy groups -OCH3 is 1. The number of nitrogens with zero attached hydrogens (tertiary/aromatic N) is 3. The number of aromatic hydroxyl groups is 1. The smallest absolute Gasteiger partial charge is 0.243 e. The molecule has 1 aliphatic rings. The largest absolute Gasteiger partial charge is 0.506 e. The second-order valence-electron chi connectivity index (χ2n) is 7.28. The van der Waals surface area contributed by atoms with Crippen LogP contribution >= 0.6 is 0 Å². The molecule has 0 radical (unpaired) electrons. The van der Waals surface area contributed by atoms with Gasteiger partial charge in [-0.15, -0.1) is 0 Å². The second-order valence-corrected chi connectivity index (χ2v) is 7.28. The summed E-state index contributed by atoms with van der Waals surface area (Å²) in [6.07, 6.45) is 0. The van der Waals surface area contributed by atoms with Crippen LogP contribution in [0.2, 0.25) is 0 Å². The highest BCUT2D eigenvalue weighted by molar-refractivity contribution is 5.94. The zero-order chi connectivity index (χ0) is 21.5. The van der Waals surface area contributed by atoms with Gasteiger partial charge in [0.1, 0.15) is 11.5 Å². The van der Waals surface area contributed by atoms with Crippen LogP contribution < -0.4 is 15.0 Å². The molecule has 0 bridgehead atoms. The molecule has 30 heavy (non-hydrogen) atoms. The molecular formula is C22H28N4O4. The molecule has 2 aromatic rings. The van der Waals surface area contributed by atoms with Crippen molar-refractivity contribution in [1.29, 1.82) is 0 Å². The molecule has 3 rings (SSSR count). The van der Waals surface area contributed by atoms with Crippen LogP contribution in [0.3, 0.4) is 0 Å². The van der Waals surface area contributed by atoms with Crippen molar-refractivity contribution in [1.82, 2.24) is 9.80 Å². The van der Waals surface area contributed by atoms with Crippen LogP contribution in [0.1, 0.15) is 0 Å². The summed E-state index contributed by atoms with van der Waals surface area (Å²) in [6, 6.07) is 14.4. The highest BCUT2D eigenvalue weighted by Gasteiger charge is 2.22. The maximum atomic E-state index is 12.5. The van der Waals surface area contributed by atoms with Crippen LogP contribution in [0, 0.1) is 0 Å². The molecule has 0 spiro atoms. The van der Waals surface area contributed by atoms with Gasteiger partial charge in [0.15, 0.2) is 0 Å². The van der Waals surface area contributed by atoms with E-state index in [0.717, 1.165) is 18.8 Å². The summed E-state index contributed by atoms with van der Waals surface area (Å²) in [4.78, 5) is 30.4. The molecule has 2 amide bonds. The Morgan fingerprint density at radius 3 is 2.53 bits per heavy atom. The average Bonchev–Trinajstić information content (AvgIpc) is 2.74. The summed E-state index contributed by atoms with van der Waals surface area (Å²) >= 11 is 0. The molecule has 0 unspecified atom stereocenters. The molecular weight excluding hydrogens is 384 g/mol. The highest BCUT2D eigenvalue weighted by Crippen LogP contribution is 2.27. The molecule has 0 atom stereocenters. The SMILES string of the molecule is COc1cccc(NC(=O)CN(C)C(=O)CN2CCN(c3ccccc3O)CC2)c1. The first kappa shape index (κ1) is 21.4. The van der Waals surface area contributed by atoms with E-state index in [1.54, 1.807) is 50.6 Å². The predicted molar refractivity (Wildman–Crippen MR) is 116 cm³/mol. The number of benzene rings is 2. The van der Waals surface area contributed by atoms with E-state index in [1.807, 2.05) is 12.1 Å². The van der Waals surface area contributed by atoms with Crippen molar-refractivity contribution in [3.8, 4) is 11.5 Å². The summed E-state index contributed by atoms with van der Waals surface area (Å²) < 4.78 is 5.14. The summed E-state index contributed by atoms with van der Waals surface area (Å²) in [5, 5.41) is 12.8. The Labute approximate surface area is 176 Å². The number of anilines is 2. The Hall–Kier alpha value is -3.26. The number of carbonyl (C=O) groups excluding carboxylic acids is 2. The van der Waals surface area contributed by atoms with Crippen LogP contribution in [0.15, 0.2) is 48.5 Å². The highest BCUT2D eigenvalue weighted by atomic mass is 16.5. The molecule has 1 fully saturated rings. The third-order valence-corrected chi connectivity index (χ3v) is 5.11. The van der Waals surface area contributed by atoms with E-state index in [-0.39, 0.29) is 30.7 Å². The van der Waals surface area contributed by atoms with E-state index < -0.39 is 0 Å². The van der Waals surface area contributed by atoms with Crippen molar-refractivity contribution in [3.05, 3.63) is 48.5 Å². The Bertz CT molecular complexity index is 881. The summed E-state index contributed by atoms with van der Waals surface area (Å²) in [5.41, 5.74) is 1.44. The van der Waals surface area contributed by atoms with Crippen LogP contribution in [-0.4, -0.2) is 80.1 Å². The predicted octanol–water partition coefficient (Wildman–Crippen LogP) is 1.62. The number of nitrogens with one attached hydrogen (secondary N) is 1. The maximum Gasteiger partial charge on any atom is 0.243 e. The number of piperazine rings is 1. The van der Waals surface area contributed by atoms with Gasteiger partial charge in [-0.05, 0) is 24.3 Å². The van der Waals surface area contributed by atoms with Gasteiger partial charge >= 0.3 is 0 Å². The van der Waals surface area contributed by atoms with Crippen LogP contribution in [-0.2, 0) is 9.59 Å². The Balaban J connectivity index is 1.44. The van der Waals surface area contributed by atoms with Crippen LogP contribution in [0.5, 0.6) is 11.5 Å². The van der Waals surface area contributed by atoms with Gasteiger partial charge in [-0.2, -0.15) is 0 Å². The summed E-state index contributed by atoms with van der Waals surface area (Å²) in [7, 11) is 3.20. The van der Waals surface area contributed by atoms with E-state index in [9.17, 15) is 14.7 Å². The van der Waals surface area contributed by atoms with Crippen molar-refractivity contribution in [2.24, 2.45) is 0 Å². The molecule has 0 aromatic heterocycles. The van der Waals surface area contributed by atoms with Gasteiger partial charge in [-0.1, -0.05) is 18.2 Å². The number of likely N-dealkylation sites (N-methyl/N-ethyl adjacent to an activating group) is 1. The molecule has 0 aliphatic carbocycles. The molecule has 1 saturated heterocycles. The van der Waals surface area contributed by atoms with Crippen molar-refractivity contribution >= 4 is 23.2 Å². The fourth-order valence-corrected chi connectivity index (χ4v) is 3.40. The molecule has 2 N–H and O–H groups in total. The lowest BCUT2D eigenvalue weighted by molar-refractivity contribution is -0.134. The molecule has 8 nitrogen and oxygen atoms in total. The molecule has 1 aliphatic heterocycles. The number of ether oxygens (including phenoxy) is 1. The maximum absolute atomic E-state index is 12.5. The third-order valence-electron chi connectivity index (χ3n) is 5.11. The van der Waals surface area contributed by atoms with E-state index in [0.29, 0.717) is 24.5 Å². The van der Waals surface area contributed by atoms with Crippen LogP contribution in [0.4, 0.5) is 11.4 Å². The van der Waals surface area contributed by atoms with Gasteiger partial charge in [0.25, 0.3) is 0 Å². The number of hydrogen-bond acceptors (Lipinski definition) is 6. The Morgan fingerprint density at radius 2 is 1.83 bits per heavy atom. The van der Waals surface area contributed by atoms with Gasteiger partial charge in [0, 0.05) is 45.0 Å². The zero-order valence-corrected chi connectivity index (χ0v) is 17.4. The molecule has 160 valence electrons. The van der Waals surface area contributed by atoms with Crippen LogP contribution in [0.25, 0.3) is 0 Å². The lowest BCUT2D eigenvalue weighted by atomic mass is 10.2. The number of phenols is 1. The van der Waals surface area contributed by atoms with Gasteiger partial charge in [0.05, 0.1) is 25.9 Å². The molecule has 8 heteroatoms. The number of rotatable bonds is 7. The number of amides is 2. The number of para-hydroxylation sites is 2. The minimum atomic E-state index is -0.261. The van der Waals surface area contributed by atoms with Crippen molar-refractivity contribution in [3.63, 3.8) is 0 Å². The average molecular weight is 412 g/mol. The topological polar surface area (TPSA) is 85.4 Å². The number of carbonyl (C=O) groups is 2. The normalized spacial score (nSPS) is 14.3. The second kappa shape index (κ2) is 9.98. The van der Waals surface area contributed by atoms with Crippen molar-refractivity contribution in [2.45, 2.75) is 0 Å². The Kier molecular flexibility index (Phi) is 7.13. The monoisotopic (exact) mass is 412 g/mol. The van der Waals surface area contributed by atoms with Crippen molar-refractivity contribution < 1.29 is 19.4 Å². The van der Waals surface area contributed by atoms with E-state index in [4.69, 9.17) is 4.74 Å². The fourth-order valence-electron chi connectivity index (χ4n) is 3.40. The minimum Gasteiger partial charge on any atom is -0.506 e. The van der Waals surface area contributed by atoms with E-state index >= 15 is 0 Å². The van der Waals surface area contributed by atoms with Gasteiger partial charge in [-0.3, -0.25) is 14.5 Å². The fraction of sp³-hybridized carbons (Fsp3) is 0.364. The quantitative estimate of drug-likeness (QED) is 0.719. The number of hydrogen-bond donors (Lipinski definition) is 2. The molecule has 1 heterocycles. The minimum absolute atomic E-state index is 0.0199. The lowest BCUT2D eigenvalue weighted by Gasteiger charge is -2.36. The lowest BCUT2D eigenvalue weighted by Crippen LogP contribution is -2.50. The standard InChI is InChI=1S/C22H28N4O4/c1-24(15-21(28)23-17-6-5-7-18(14-17)30-2)22(29)16-25-10-12-26(13-11-25)19-8-3-4-9-20(19)27/h3-9,14,27H,10-13,15-16H2,1-2H3,(H,23,28). The first-order valence-corrected chi connectivity index (χ1v) is 9.89. The van der Waals surface area contributed by atoms with E-state index in [1.165, 1.54) is 4.90 Å².